The molecule has 21 heavy (non-hydrogen) atoms. The topological polar surface area (TPSA) is 77.2 Å². The number of pyridine rings is 1. The van der Waals surface area contributed by atoms with Gasteiger partial charge in [-0.05, 0) is 50.1 Å². The normalized spacial score (nSPS) is 10.3. The Hall–Kier alpha value is -1.31. The third-order valence-electron chi connectivity index (χ3n) is 2.57. The van der Waals surface area contributed by atoms with E-state index in [4.69, 9.17) is 22.1 Å². The maximum absolute atomic E-state index is 12.2. The molecule has 0 saturated heterocycles. The number of halogens is 3. The number of methoxy groups -OCH3 is 1. The molecule has 1 amide bonds. The number of carbonyl (C=O) groups excluding carboxylic acids is 1. The zero-order valence-electron chi connectivity index (χ0n) is 10.8. The zero-order valence-corrected chi connectivity index (χ0v) is 14.7. The van der Waals surface area contributed by atoms with Crippen LogP contribution in [0.1, 0.15) is 10.5 Å². The van der Waals surface area contributed by atoms with Gasteiger partial charge in [-0.15, -0.1) is 0 Å². The van der Waals surface area contributed by atoms with E-state index in [0.29, 0.717) is 15.9 Å². The van der Waals surface area contributed by atoms with Crippen molar-refractivity contribution in [3.63, 3.8) is 0 Å². The van der Waals surface area contributed by atoms with Crippen molar-refractivity contribution < 1.29 is 9.53 Å². The van der Waals surface area contributed by atoms with Crippen LogP contribution in [0.15, 0.2) is 33.2 Å². The van der Waals surface area contributed by atoms with Crippen molar-refractivity contribution >= 4 is 60.9 Å². The van der Waals surface area contributed by atoms with Crippen LogP contribution in [0.2, 0.25) is 5.02 Å². The Morgan fingerprint density at radius 1 is 1.33 bits per heavy atom. The number of nitrogens with zero attached hydrogens (tertiary/aromatic N) is 1. The summed E-state index contributed by atoms with van der Waals surface area (Å²) in [5.41, 5.74) is 6.16. The summed E-state index contributed by atoms with van der Waals surface area (Å²) in [6.07, 6.45) is 0. The van der Waals surface area contributed by atoms with Gasteiger partial charge in [0.2, 0.25) is 0 Å². The monoisotopic (exact) mass is 433 g/mol. The average molecular weight is 436 g/mol. The van der Waals surface area contributed by atoms with E-state index < -0.39 is 5.91 Å². The van der Waals surface area contributed by atoms with E-state index in [1.165, 1.54) is 19.2 Å². The first-order valence-corrected chi connectivity index (χ1v) is 7.65. The third kappa shape index (κ3) is 3.66. The Morgan fingerprint density at radius 3 is 2.71 bits per heavy atom. The SMILES string of the molecule is COc1cc(NC(=O)c2nc(N)ccc2Cl)c(Br)cc1Br. The minimum absolute atomic E-state index is 0.0606. The number of hydrogen-bond donors (Lipinski definition) is 2. The molecule has 1 aromatic heterocycles. The van der Waals surface area contributed by atoms with Gasteiger partial charge in [0.25, 0.3) is 5.91 Å². The average Bonchev–Trinajstić information content (AvgIpc) is 2.44. The van der Waals surface area contributed by atoms with Gasteiger partial charge in [0.1, 0.15) is 17.3 Å². The number of rotatable bonds is 3. The molecule has 0 aliphatic carbocycles. The van der Waals surface area contributed by atoms with Crippen LogP contribution >= 0.6 is 43.5 Å². The molecule has 3 N–H and O–H groups in total. The molecule has 0 unspecified atom stereocenters. The highest BCUT2D eigenvalue weighted by molar-refractivity contribution is 9.11. The van der Waals surface area contributed by atoms with Crippen molar-refractivity contribution in [1.82, 2.24) is 4.98 Å². The van der Waals surface area contributed by atoms with E-state index in [0.717, 1.165) is 4.47 Å². The second-order valence-corrected chi connectivity index (χ2v) is 6.10. The number of amides is 1. The summed E-state index contributed by atoms with van der Waals surface area (Å²) in [4.78, 5) is 16.2. The fourth-order valence-corrected chi connectivity index (χ4v) is 3.03. The molecule has 0 aliphatic heterocycles. The predicted molar refractivity (Wildman–Crippen MR) is 90.0 cm³/mol. The van der Waals surface area contributed by atoms with Crippen LogP contribution in [-0.4, -0.2) is 18.0 Å². The Morgan fingerprint density at radius 2 is 2.05 bits per heavy atom. The number of benzene rings is 1. The number of nitrogens with two attached hydrogens (primary N) is 1. The summed E-state index contributed by atoms with van der Waals surface area (Å²) in [5, 5.41) is 2.93. The molecule has 8 heteroatoms. The minimum atomic E-state index is -0.461. The van der Waals surface area contributed by atoms with Crippen LogP contribution in [0.5, 0.6) is 5.75 Å². The lowest BCUT2D eigenvalue weighted by molar-refractivity contribution is 0.102. The van der Waals surface area contributed by atoms with E-state index in [1.54, 1.807) is 12.1 Å². The molecule has 1 heterocycles. The fourth-order valence-electron chi connectivity index (χ4n) is 1.58. The first-order chi connectivity index (χ1) is 9.92. The molecule has 0 atom stereocenters. The lowest BCUT2D eigenvalue weighted by Gasteiger charge is -2.11. The molecular weight excluding hydrogens is 425 g/mol. The predicted octanol–water partition coefficient (Wildman–Crippen LogP) is 4.10. The number of ether oxygens (including phenoxy) is 1. The van der Waals surface area contributed by atoms with Crippen LogP contribution in [0.4, 0.5) is 11.5 Å². The van der Waals surface area contributed by atoms with Gasteiger partial charge in [-0.25, -0.2) is 4.98 Å². The molecule has 0 spiro atoms. The lowest BCUT2D eigenvalue weighted by atomic mass is 10.2. The number of nitrogen functional groups attached to an aromatic ring is 1. The molecule has 2 rings (SSSR count). The van der Waals surface area contributed by atoms with Crippen molar-refractivity contribution in [2.45, 2.75) is 0 Å². The molecule has 110 valence electrons. The number of aromatic nitrogens is 1. The van der Waals surface area contributed by atoms with E-state index in [2.05, 4.69) is 42.2 Å². The van der Waals surface area contributed by atoms with Gasteiger partial charge in [0, 0.05) is 10.5 Å². The highest BCUT2D eigenvalue weighted by Crippen LogP contribution is 2.34. The molecule has 0 bridgehead atoms. The fraction of sp³-hybridized carbons (Fsp3) is 0.0769. The van der Waals surface area contributed by atoms with Crippen molar-refractivity contribution in [2.24, 2.45) is 0 Å². The number of hydrogen-bond acceptors (Lipinski definition) is 4. The molecule has 0 aliphatic rings. The van der Waals surface area contributed by atoms with Crippen LogP contribution in [0, 0.1) is 0 Å². The smallest absolute Gasteiger partial charge is 0.275 e. The van der Waals surface area contributed by atoms with Gasteiger partial charge in [-0.2, -0.15) is 0 Å². The van der Waals surface area contributed by atoms with Crippen LogP contribution in [0.3, 0.4) is 0 Å². The molecular formula is C13H10Br2ClN3O2. The molecule has 0 saturated carbocycles. The lowest BCUT2D eigenvalue weighted by Crippen LogP contribution is -2.15. The van der Waals surface area contributed by atoms with Crippen molar-refractivity contribution in [3.05, 3.63) is 43.9 Å². The van der Waals surface area contributed by atoms with Crippen LogP contribution in [0.25, 0.3) is 0 Å². The maximum atomic E-state index is 12.2. The quantitative estimate of drug-likeness (QED) is 0.761. The number of anilines is 2. The first kappa shape index (κ1) is 16.1. The van der Waals surface area contributed by atoms with E-state index >= 15 is 0 Å². The van der Waals surface area contributed by atoms with Crippen molar-refractivity contribution in [1.29, 1.82) is 0 Å². The Bertz CT molecular complexity index is 710. The van der Waals surface area contributed by atoms with Gasteiger partial charge in [-0.3, -0.25) is 4.79 Å². The maximum Gasteiger partial charge on any atom is 0.275 e. The highest BCUT2D eigenvalue weighted by atomic mass is 79.9. The van der Waals surface area contributed by atoms with E-state index in [-0.39, 0.29) is 16.5 Å². The van der Waals surface area contributed by atoms with Crippen LogP contribution < -0.4 is 15.8 Å². The Labute approximate surface area is 143 Å². The summed E-state index contributed by atoms with van der Waals surface area (Å²) in [6, 6.07) is 6.49. The van der Waals surface area contributed by atoms with Gasteiger partial charge in [0.15, 0.2) is 0 Å². The summed E-state index contributed by atoms with van der Waals surface area (Å²) < 4.78 is 6.63. The van der Waals surface area contributed by atoms with E-state index in [1.807, 2.05) is 0 Å². The van der Waals surface area contributed by atoms with Gasteiger partial charge < -0.3 is 15.8 Å². The Balaban J connectivity index is 2.33. The molecule has 5 nitrogen and oxygen atoms in total. The summed E-state index contributed by atoms with van der Waals surface area (Å²) in [7, 11) is 1.54. The summed E-state index contributed by atoms with van der Waals surface area (Å²) in [6.45, 7) is 0. The van der Waals surface area contributed by atoms with Crippen molar-refractivity contribution in [3.8, 4) is 5.75 Å². The highest BCUT2D eigenvalue weighted by Gasteiger charge is 2.15. The van der Waals surface area contributed by atoms with Crippen molar-refractivity contribution in [2.75, 3.05) is 18.2 Å². The molecule has 2 aromatic rings. The number of nitrogens with one attached hydrogen (secondary N) is 1. The summed E-state index contributed by atoms with van der Waals surface area (Å²) >= 11 is 12.7. The van der Waals surface area contributed by atoms with Gasteiger partial charge in [0.05, 0.1) is 22.3 Å². The first-order valence-electron chi connectivity index (χ1n) is 5.68. The molecule has 0 radical (unpaired) electrons. The molecule has 1 aromatic carbocycles. The van der Waals surface area contributed by atoms with E-state index in [9.17, 15) is 4.79 Å². The number of carbonyl (C=O) groups is 1. The van der Waals surface area contributed by atoms with Crippen LogP contribution in [-0.2, 0) is 0 Å². The Kier molecular flexibility index (Phi) is 5.08. The second-order valence-electron chi connectivity index (χ2n) is 3.99. The second kappa shape index (κ2) is 6.64. The van der Waals surface area contributed by atoms with Gasteiger partial charge in [-0.1, -0.05) is 11.6 Å². The zero-order chi connectivity index (χ0) is 15.6. The largest absolute Gasteiger partial charge is 0.495 e. The molecule has 0 fully saturated rings. The minimum Gasteiger partial charge on any atom is -0.495 e. The standard InChI is InChI=1S/C13H10Br2ClN3O2/c1-21-10-5-9(6(14)4-7(10)15)18-13(20)12-8(16)2-3-11(17)19-12/h2-5H,1H3,(H2,17,19)(H,18,20). The van der Waals surface area contributed by atoms with Gasteiger partial charge >= 0.3 is 0 Å². The third-order valence-corrected chi connectivity index (χ3v) is 4.15. The summed E-state index contributed by atoms with van der Waals surface area (Å²) in [5.74, 6) is 0.342.